The predicted molar refractivity (Wildman–Crippen MR) is 68.7 cm³/mol. The van der Waals surface area contributed by atoms with Crippen LogP contribution in [0.1, 0.15) is 5.69 Å². The van der Waals surface area contributed by atoms with Crippen molar-refractivity contribution < 1.29 is 0 Å². The average Bonchev–Trinajstić information content (AvgIpc) is 2.91. The highest BCUT2D eigenvalue weighted by molar-refractivity contribution is 5.01. The zero-order valence-electron chi connectivity index (χ0n) is 10.9. The van der Waals surface area contributed by atoms with Gasteiger partial charge in [0.2, 0.25) is 0 Å². The molecule has 8 heteroatoms. The highest BCUT2D eigenvalue weighted by Crippen LogP contribution is 1.89. The van der Waals surface area contributed by atoms with Crippen molar-refractivity contribution in [1.82, 2.24) is 29.4 Å². The van der Waals surface area contributed by atoms with Crippen LogP contribution in [0.3, 0.4) is 0 Å². The third kappa shape index (κ3) is 2.97. The first-order chi connectivity index (χ1) is 9.09. The molecule has 1 N–H and O–H groups in total. The minimum Gasteiger partial charge on any atom is -0.309 e. The fourth-order valence-corrected chi connectivity index (χ4v) is 1.71. The molecule has 0 saturated heterocycles. The summed E-state index contributed by atoms with van der Waals surface area (Å²) < 4.78 is 4.25. The topological polar surface area (TPSA) is 86.7 Å². The van der Waals surface area contributed by atoms with E-state index in [2.05, 4.69) is 15.6 Å². The molecule has 0 radical (unpaired) electrons. The lowest BCUT2D eigenvalue weighted by Crippen LogP contribution is -2.39. The van der Waals surface area contributed by atoms with Crippen molar-refractivity contribution in [3.63, 3.8) is 0 Å². The van der Waals surface area contributed by atoms with Crippen molar-refractivity contribution in [1.29, 1.82) is 0 Å². The second-order valence-electron chi connectivity index (χ2n) is 4.22. The molecule has 19 heavy (non-hydrogen) atoms. The van der Waals surface area contributed by atoms with Gasteiger partial charge in [-0.25, -0.2) is 4.79 Å². The first kappa shape index (κ1) is 13.2. The fourth-order valence-electron chi connectivity index (χ4n) is 1.71. The van der Waals surface area contributed by atoms with E-state index in [4.69, 9.17) is 0 Å². The van der Waals surface area contributed by atoms with Gasteiger partial charge < -0.3 is 5.32 Å². The summed E-state index contributed by atoms with van der Waals surface area (Å²) in [7, 11) is 3.11. The summed E-state index contributed by atoms with van der Waals surface area (Å²) in [5.41, 5.74) is 0.0449. The summed E-state index contributed by atoms with van der Waals surface area (Å²) in [5.74, 6) is 0. The summed E-state index contributed by atoms with van der Waals surface area (Å²) >= 11 is 0. The summed E-state index contributed by atoms with van der Waals surface area (Å²) in [6.07, 6.45) is 3.39. The molecule has 2 aromatic heterocycles. The van der Waals surface area contributed by atoms with E-state index in [1.54, 1.807) is 24.1 Å². The molecule has 0 atom stereocenters. The summed E-state index contributed by atoms with van der Waals surface area (Å²) in [6, 6.07) is 1.46. The van der Waals surface area contributed by atoms with E-state index in [9.17, 15) is 9.59 Å². The molecular weight excluding hydrogens is 248 g/mol. The first-order valence-corrected chi connectivity index (χ1v) is 5.90. The molecule has 102 valence electrons. The Morgan fingerprint density at radius 3 is 2.74 bits per heavy atom. The quantitative estimate of drug-likeness (QED) is 0.662. The van der Waals surface area contributed by atoms with E-state index in [1.165, 1.54) is 17.7 Å². The maximum atomic E-state index is 11.7. The molecule has 0 aliphatic heterocycles. The molecule has 8 nitrogen and oxygen atoms in total. The lowest BCUT2D eigenvalue weighted by atomic mass is 10.3. The van der Waals surface area contributed by atoms with Gasteiger partial charge in [-0.15, -0.1) is 5.10 Å². The van der Waals surface area contributed by atoms with Crippen molar-refractivity contribution in [2.24, 2.45) is 14.1 Å². The molecule has 0 spiro atoms. The summed E-state index contributed by atoms with van der Waals surface area (Å²) in [6.45, 7) is 1.81. The Morgan fingerprint density at radius 1 is 1.26 bits per heavy atom. The molecule has 0 unspecified atom stereocenters. The maximum Gasteiger partial charge on any atom is 0.330 e. The number of nitrogens with one attached hydrogen (secondary N) is 1. The van der Waals surface area contributed by atoms with Gasteiger partial charge in [0, 0.05) is 45.1 Å². The van der Waals surface area contributed by atoms with E-state index in [0.717, 1.165) is 4.57 Å². The Morgan fingerprint density at radius 2 is 2.05 bits per heavy atom. The van der Waals surface area contributed by atoms with E-state index < -0.39 is 0 Å². The molecule has 0 aliphatic carbocycles. The largest absolute Gasteiger partial charge is 0.330 e. The van der Waals surface area contributed by atoms with Crippen molar-refractivity contribution >= 4 is 0 Å². The van der Waals surface area contributed by atoms with Crippen LogP contribution in [-0.2, 0) is 27.2 Å². The second-order valence-corrected chi connectivity index (χ2v) is 4.22. The van der Waals surface area contributed by atoms with E-state index in [0.29, 0.717) is 25.3 Å². The Hall–Kier alpha value is -2.22. The third-order valence-corrected chi connectivity index (χ3v) is 2.92. The molecule has 2 aromatic rings. The van der Waals surface area contributed by atoms with Crippen molar-refractivity contribution in [2.75, 3.05) is 6.54 Å². The number of hydrogen-bond acceptors (Lipinski definition) is 5. The van der Waals surface area contributed by atoms with Gasteiger partial charge in [-0.3, -0.25) is 18.6 Å². The van der Waals surface area contributed by atoms with Crippen LogP contribution in [0.25, 0.3) is 0 Å². The number of hydrogen-bond donors (Lipinski definition) is 1. The van der Waals surface area contributed by atoms with E-state index >= 15 is 0 Å². The number of nitrogens with zero attached hydrogens (tertiary/aromatic N) is 5. The maximum absolute atomic E-state index is 11.7. The van der Waals surface area contributed by atoms with Crippen LogP contribution in [0, 0.1) is 0 Å². The lowest BCUT2D eigenvalue weighted by molar-refractivity contribution is 0.526. The molecule has 0 aliphatic rings. The van der Waals surface area contributed by atoms with Gasteiger partial charge in [0.15, 0.2) is 0 Å². The van der Waals surface area contributed by atoms with Crippen LogP contribution >= 0.6 is 0 Å². The standard InChI is InChI=1S/C11H16N6O2/c1-15-9(7-10(18)16(2)11(15)19)8-12-3-5-17-6-4-13-14-17/h4,6-7,12H,3,5,8H2,1-2H3. The molecule has 0 bridgehead atoms. The van der Waals surface area contributed by atoms with Crippen LogP contribution in [0.15, 0.2) is 28.0 Å². The van der Waals surface area contributed by atoms with Gasteiger partial charge in [0.25, 0.3) is 5.56 Å². The monoisotopic (exact) mass is 264 g/mol. The average molecular weight is 264 g/mol. The normalized spacial score (nSPS) is 10.8. The zero-order valence-corrected chi connectivity index (χ0v) is 10.9. The van der Waals surface area contributed by atoms with Gasteiger partial charge >= 0.3 is 5.69 Å². The predicted octanol–water partition coefficient (Wildman–Crippen LogP) is -1.53. The highest BCUT2D eigenvalue weighted by atomic mass is 16.2. The van der Waals surface area contributed by atoms with Crippen LogP contribution in [0.2, 0.25) is 0 Å². The molecule has 2 heterocycles. The molecular formula is C11H16N6O2. The van der Waals surface area contributed by atoms with Crippen LogP contribution in [0.5, 0.6) is 0 Å². The van der Waals surface area contributed by atoms with E-state index in [1.807, 2.05) is 0 Å². The smallest absolute Gasteiger partial charge is 0.309 e. The van der Waals surface area contributed by atoms with Crippen molar-refractivity contribution in [3.8, 4) is 0 Å². The minimum absolute atomic E-state index is 0.295. The van der Waals surface area contributed by atoms with Gasteiger partial charge in [-0.1, -0.05) is 5.21 Å². The number of rotatable bonds is 5. The van der Waals surface area contributed by atoms with Crippen molar-refractivity contribution in [3.05, 3.63) is 45.0 Å². The van der Waals surface area contributed by atoms with Crippen LogP contribution in [0.4, 0.5) is 0 Å². The molecule has 0 saturated carbocycles. The van der Waals surface area contributed by atoms with E-state index in [-0.39, 0.29) is 11.2 Å². The Labute approximate surface area is 109 Å². The van der Waals surface area contributed by atoms with Gasteiger partial charge in [0.05, 0.1) is 12.7 Å². The summed E-state index contributed by atoms with van der Waals surface area (Å²) in [5, 5.41) is 10.7. The van der Waals surface area contributed by atoms with Crippen molar-refractivity contribution in [2.45, 2.75) is 13.1 Å². The fraction of sp³-hybridized carbons (Fsp3) is 0.455. The zero-order chi connectivity index (χ0) is 13.8. The Kier molecular flexibility index (Phi) is 3.91. The molecule has 0 amide bonds. The molecule has 0 aromatic carbocycles. The summed E-state index contributed by atoms with van der Waals surface area (Å²) in [4.78, 5) is 23.2. The first-order valence-electron chi connectivity index (χ1n) is 5.90. The SMILES string of the molecule is Cn1c(CNCCn2ccnn2)cc(=O)n(C)c1=O. The lowest BCUT2D eigenvalue weighted by Gasteiger charge is -2.10. The van der Waals surface area contributed by atoms with Gasteiger partial charge in [-0.05, 0) is 0 Å². The molecule has 0 fully saturated rings. The van der Waals surface area contributed by atoms with Crippen LogP contribution < -0.4 is 16.6 Å². The highest BCUT2D eigenvalue weighted by Gasteiger charge is 2.05. The molecule has 2 rings (SSSR count). The van der Waals surface area contributed by atoms with Gasteiger partial charge in [0.1, 0.15) is 0 Å². The third-order valence-electron chi connectivity index (χ3n) is 2.92. The van der Waals surface area contributed by atoms with Gasteiger partial charge in [-0.2, -0.15) is 0 Å². The second kappa shape index (κ2) is 5.61. The Bertz CT molecular complexity index is 655. The number of aromatic nitrogens is 5. The Balaban J connectivity index is 1.97. The minimum atomic E-state index is -0.319. The van der Waals surface area contributed by atoms with Crippen LogP contribution in [-0.4, -0.2) is 30.7 Å².